The predicted molar refractivity (Wildman–Crippen MR) is 65.6 cm³/mol. The average Bonchev–Trinajstić information content (AvgIpc) is 2.75. The van der Waals surface area contributed by atoms with Gasteiger partial charge in [0, 0.05) is 17.8 Å². The van der Waals surface area contributed by atoms with Crippen LogP contribution in [0.2, 0.25) is 0 Å². The number of carboxylic acid groups (broad SMARTS) is 1. The van der Waals surface area contributed by atoms with Crippen molar-refractivity contribution in [1.29, 1.82) is 0 Å². The Balaban J connectivity index is 2.22. The van der Waals surface area contributed by atoms with Crippen LogP contribution in [-0.4, -0.2) is 11.0 Å². The topological polar surface area (TPSA) is 65.0 Å². The molecule has 0 aliphatic carbocycles. The van der Waals surface area contributed by atoms with E-state index in [0.717, 1.165) is 17.4 Å². The van der Waals surface area contributed by atoms with E-state index in [1.165, 1.54) is 23.6 Å². The van der Waals surface area contributed by atoms with Crippen LogP contribution in [0.25, 0.3) is 0 Å². The predicted octanol–water partition coefficient (Wildman–Crippen LogP) is 2.20. The number of hydrogen-bond acceptors (Lipinski definition) is 5. The minimum atomic E-state index is -4.48. The van der Waals surface area contributed by atoms with Crippen molar-refractivity contribution in [3.63, 3.8) is 0 Å². The number of aliphatic carboxylic acids is 1. The molecule has 1 aromatic heterocycles. The molecule has 8 heteroatoms. The van der Waals surface area contributed by atoms with Crippen molar-refractivity contribution in [3.05, 3.63) is 40.9 Å². The third-order valence-electron chi connectivity index (χ3n) is 2.35. The zero-order chi connectivity index (χ0) is 14.8. The van der Waals surface area contributed by atoms with Crippen LogP contribution < -0.4 is 10.4 Å². The summed E-state index contributed by atoms with van der Waals surface area (Å²) in [5.74, 6) is -1.29. The number of carboxylic acids is 1. The fourth-order valence-electron chi connectivity index (χ4n) is 1.55. The molecule has 1 heterocycles. The first-order chi connectivity index (χ1) is 9.36. The van der Waals surface area contributed by atoms with Gasteiger partial charge in [0.2, 0.25) is 0 Å². The maximum Gasteiger partial charge on any atom is 0.418 e. The molecule has 1 aromatic carbocycles. The van der Waals surface area contributed by atoms with Gasteiger partial charge in [-0.25, -0.2) is 4.98 Å². The molecule has 0 saturated heterocycles. The number of aromatic nitrogens is 1. The molecule has 0 spiro atoms. The van der Waals surface area contributed by atoms with Crippen LogP contribution in [-0.2, 0) is 17.4 Å². The van der Waals surface area contributed by atoms with E-state index in [2.05, 4.69) is 10.3 Å². The first kappa shape index (κ1) is 14.3. The van der Waals surface area contributed by atoms with Gasteiger partial charge in [0.1, 0.15) is 0 Å². The zero-order valence-electron chi connectivity index (χ0n) is 9.90. The van der Waals surface area contributed by atoms with E-state index in [4.69, 9.17) is 0 Å². The lowest BCUT2D eigenvalue weighted by molar-refractivity contribution is -0.304. The Bertz CT molecular complexity index is 625. The van der Waals surface area contributed by atoms with Crippen LogP contribution >= 0.6 is 11.3 Å². The molecule has 1 N–H and O–H groups in total. The number of hydrogen-bond donors (Lipinski definition) is 1. The van der Waals surface area contributed by atoms with Gasteiger partial charge in [-0.1, -0.05) is 12.1 Å². The van der Waals surface area contributed by atoms with E-state index < -0.39 is 17.7 Å². The highest BCUT2D eigenvalue weighted by atomic mass is 32.1. The van der Waals surface area contributed by atoms with Crippen molar-refractivity contribution >= 4 is 28.1 Å². The van der Waals surface area contributed by atoms with E-state index in [0.29, 0.717) is 0 Å². The van der Waals surface area contributed by atoms with Crippen LogP contribution in [0, 0.1) is 0 Å². The first-order valence-corrected chi connectivity index (χ1v) is 6.32. The molecular formula is C12H8F3N2O2S-. The summed E-state index contributed by atoms with van der Waals surface area (Å²) in [5.41, 5.74) is -0.701. The van der Waals surface area contributed by atoms with Gasteiger partial charge in [0.15, 0.2) is 5.13 Å². The second-order valence-electron chi connectivity index (χ2n) is 3.86. The maximum absolute atomic E-state index is 12.8. The highest BCUT2D eigenvalue weighted by Crippen LogP contribution is 2.36. The molecule has 0 unspecified atom stereocenters. The summed E-state index contributed by atoms with van der Waals surface area (Å²) >= 11 is 1.03. The Hall–Kier alpha value is -2.09. The number of carbonyl (C=O) groups excluding carboxylic acids is 1. The molecule has 0 atom stereocenters. The third kappa shape index (κ3) is 3.47. The molecule has 2 rings (SSSR count). The molecule has 4 nitrogen and oxygen atoms in total. The van der Waals surface area contributed by atoms with E-state index in [-0.39, 0.29) is 22.9 Å². The fourth-order valence-corrected chi connectivity index (χ4v) is 2.27. The highest BCUT2D eigenvalue weighted by molar-refractivity contribution is 7.13. The van der Waals surface area contributed by atoms with Gasteiger partial charge in [0.25, 0.3) is 0 Å². The number of benzene rings is 1. The molecule has 0 saturated carbocycles. The number of alkyl halides is 3. The SMILES string of the molecule is O=C([O-])Cc1csc(Nc2ccccc2C(F)(F)F)n1. The minimum absolute atomic E-state index is 0.130. The molecule has 106 valence electrons. The fraction of sp³-hybridized carbons (Fsp3) is 0.167. The van der Waals surface area contributed by atoms with E-state index in [9.17, 15) is 23.1 Å². The van der Waals surface area contributed by atoms with Crippen molar-refractivity contribution in [2.45, 2.75) is 12.6 Å². The summed E-state index contributed by atoms with van der Waals surface area (Å²) in [6.07, 6.45) is -4.85. The lowest BCUT2D eigenvalue weighted by Gasteiger charge is -2.12. The Morgan fingerprint density at radius 1 is 1.35 bits per heavy atom. The van der Waals surface area contributed by atoms with Gasteiger partial charge in [-0.2, -0.15) is 13.2 Å². The van der Waals surface area contributed by atoms with Gasteiger partial charge in [0.05, 0.1) is 16.9 Å². The van der Waals surface area contributed by atoms with E-state index in [1.54, 1.807) is 0 Å². The lowest BCUT2D eigenvalue weighted by Crippen LogP contribution is -2.24. The van der Waals surface area contributed by atoms with Gasteiger partial charge in [-0.3, -0.25) is 0 Å². The highest BCUT2D eigenvalue weighted by Gasteiger charge is 2.33. The molecule has 0 aliphatic heterocycles. The van der Waals surface area contributed by atoms with Crippen LogP contribution in [0.15, 0.2) is 29.6 Å². The van der Waals surface area contributed by atoms with Crippen molar-refractivity contribution in [2.75, 3.05) is 5.32 Å². The van der Waals surface area contributed by atoms with Crippen molar-refractivity contribution in [1.82, 2.24) is 4.98 Å². The maximum atomic E-state index is 12.8. The van der Waals surface area contributed by atoms with Crippen molar-refractivity contribution < 1.29 is 23.1 Å². The van der Waals surface area contributed by atoms with E-state index >= 15 is 0 Å². The number of halogens is 3. The molecule has 0 amide bonds. The number of rotatable bonds is 4. The number of nitrogens with one attached hydrogen (secondary N) is 1. The molecular weight excluding hydrogens is 293 g/mol. The second-order valence-corrected chi connectivity index (χ2v) is 4.72. The summed E-state index contributed by atoms with van der Waals surface area (Å²) < 4.78 is 38.4. The molecule has 2 aromatic rings. The smallest absolute Gasteiger partial charge is 0.418 e. The summed E-state index contributed by atoms with van der Waals surface area (Å²) in [6, 6.07) is 4.99. The molecule has 20 heavy (non-hydrogen) atoms. The Morgan fingerprint density at radius 2 is 2.05 bits per heavy atom. The number of para-hydroxylation sites is 1. The Labute approximate surface area is 115 Å². The van der Waals surface area contributed by atoms with Gasteiger partial charge < -0.3 is 15.2 Å². The monoisotopic (exact) mass is 301 g/mol. The molecule has 0 bridgehead atoms. The minimum Gasteiger partial charge on any atom is -0.550 e. The third-order valence-corrected chi connectivity index (χ3v) is 3.16. The van der Waals surface area contributed by atoms with Gasteiger partial charge in [-0.05, 0) is 12.1 Å². The van der Waals surface area contributed by atoms with Gasteiger partial charge in [-0.15, -0.1) is 11.3 Å². The summed E-state index contributed by atoms with van der Waals surface area (Å²) in [6.45, 7) is 0. The number of thiazole rings is 1. The first-order valence-electron chi connectivity index (χ1n) is 5.44. The molecule has 0 radical (unpaired) electrons. The van der Waals surface area contributed by atoms with Crippen LogP contribution in [0.1, 0.15) is 11.3 Å². The standard InChI is InChI=1S/C12H9F3N2O2S/c13-12(14,15)8-3-1-2-4-9(8)17-11-16-7(6-20-11)5-10(18)19/h1-4,6H,5H2,(H,16,17)(H,18,19)/p-1. The van der Waals surface area contributed by atoms with Gasteiger partial charge >= 0.3 is 6.18 Å². The lowest BCUT2D eigenvalue weighted by atomic mass is 10.2. The second kappa shape index (κ2) is 5.49. The Morgan fingerprint density at radius 3 is 2.70 bits per heavy atom. The van der Waals surface area contributed by atoms with Crippen LogP contribution in [0.4, 0.5) is 24.0 Å². The van der Waals surface area contributed by atoms with Crippen LogP contribution in [0.3, 0.4) is 0 Å². The van der Waals surface area contributed by atoms with Crippen LogP contribution in [0.5, 0.6) is 0 Å². The summed E-state index contributed by atoms with van der Waals surface area (Å²) in [5, 5.41) is 14.6. The average molecular weight is 301 g/mol. The number of carbonyl (C=O) groups is 1. The van der Waals surface area contributed by atoms with E-state index in [1.807, 2.05) is 0 Å². The summed E-state index contributed by atoms with van der Waals surface area (Å²) in [4.78, 5) is 14.3. The van der Waals surface area contributed by atoms with Crippen molar-refractivity contribution in [3.8, 4) is 0 Å². The number of nitrogens with zero attached hydrogens (tertiary/aromatic N) is 1. The normalized spacial score (nSPS) is 11.3. The van der Waals surface area contributed by atoms with Crippen molar-refractivity contribution in [2.24, 2.45) is 0 Å². The number of anilines is 2. The zero-order valence-corrected chi connectivity index (χ0v) is 10.7. The molecule has 0 aliphatic rings. The Kier molecular flexibility index (Phi) is 3.93. The largest absolute Gasteiger partial charge is 0.550 e. The quantitative estimate of drug-likeness (QED) is 0.940. The summed E-state index contributed by atoms with van der Waals surface area (Å²) in [7, 11) is 0. The molecule has 0 fully saturated rings.